The van der Waals surface area contributed by atoms with Gasteiger partial charge in [0.1, 0.15) is 5.75 Å². The minimum atomic E-state index is -0.991. The molecule has 0 aromatic heterocycles. The Labute approximate surface area is 127 Å². The third-order valence-electron chi connectivity index (χ3n) is 2.44. The molecule has 3 nitrogen and oxygen atoms in total. The Hall–Kier alpha value is -0.480. The third kappa shape index (κ3) is 4.25. The van der Waals surface area contributed by atoms with E-state index in [1.165, 1.54) is 12.1 Å². The molecule has 1 N–H and O–H groups in total. The van der Waals surface area contributed by atoms with Gasteiger partial charge in [0.05, 0.1) is 21.7 Å². The Morgan fingerprint density at radius 3 is 2.21 bits per heavy atom. The van der Waals surface area contributed by atoms with E-state index < -0.39 is 18.1 Å². The summed E-state index contributed by atoms with van der Waals surface area (Å²) < 4.78 is 5.44. The van der Waals surface area contributed by atoms with Gasteiger partial charge in [-0.25, -0.2) is 0 Å². The average Bonchev–Trinajstić information content (AvgIpc) is 2.30. The van der Waals surface area contributed by atoms with Gasteiger partial charge in [-0.1, -0.05) is 55.6 Å². The molecule has 1 aromatic carbocycles. The molecule has 0 fully saturated rings. The van der Waals surface area contributed by atoms with Crippen molar-refractivity contribution in [3.05, 3.63) is 27.2 Å². The van der Waals surface area contributed by atoms with Crippen LogP contribution in [0, 0.1) is 5.41 Å². The Morgan fingerprint density at radius 1 is 1.21 bits per heavy atom. The van der Waals surface area contributed by atoms with Crippen LogP contribution in [0.5, 0.6) is 5.75 Å². The monoisotopic (exact) mass is 324 g/mol. The van der Waals surface area contributed by atoms with Gasteiger partial charge in [-0.05, 0) is 6.07 Å². The number of carbonyl (C=O) groups is 1. The minimum absolute atomic E-state index is 0.215. The number of benzene rings is 1. The van der Waals surface area contributed by atoms with Crippen molar-refractivity contribution in [2.45, 2.75) is 26.9 Å². The van der Waals surface area contributed by atoms with Crippen molar-refractivity contribution in [2.24, 2.45) is 5.41 Å². The molecule has 0 aliphatic carbocycles. The van der Waals surface area contributed by atoms with Crippen LogP contribution in [0.2, 0.25) is 15.1 Å². The number of ketones is 1. The Bertz CT molecular complexity index is 481. The standard InChI is InChI=1S/C13H15Cl3O3/c1-13(2,3)12(18)11(6-17)19-10-5-8(15)7(14)4-9(10)16/h4-5,11,17H,6H2,1-3H3. The lowest BCUT2D eigenvalue weighted by molar-refractivity contribution is -0.135. The van der Waals surface area contributed by atoms with E-state index in [1.54, 1.807) is 20.8 Å². The first-order valence-electron chi connectivity index (χ1n) is 5.63. The molecule has 0 radical (unpaired) electrons. The van der Waals surface area contributed by atoms with Crippen molar-refractivity contribution in [1.82, 2.24) is 0 Å². The highest BCUT2D eigenvalue weighted by Gasteiger charge is 2.31. The molecular weight excluding hydrogens is 310 g/mol. The summed E-state index contributed by atoms with van der Waals surface area (Å²) in [7, 11) is 0. The number of halogens is 3. The second-order valence-corrected chi connectivity index (χ2v) is 6.32. The molecule has 1 aromatic rings. The van der Waals surface area contributed by atoms with Crippen LogP contribution in [-0.4, -0.2) is 23.6 Å². The molecule has 1 atom stereocenters. The zero-order valence-corrected chi connectivity index (χ0v) is 13.1. The van der Waals surface area contributed by atoms with E-state index in [4.69, 9.17) is 39.5 Å². The number of rotatable bonds is 4. The molecule has 0 heterocycles. The predicted octanol–water partition coefficient (Wildman–Crippen LogP) is 4.00. The normalized spacial score (nSPS) is 13.2. The Morgan fingerprint density at radius 2 is 1.74 bits per heavy atom. The summed E-state index contributed by atoms with van der Waals surface area (Å²) >= 11 is 17.6. The zero-order chi connectivity index (χ0) is 14.8. The SMILES string of the molecule is CC(C)(C)C(=O)C(CO)Oc1cc(Cl)c(Cl)cc1Cl. The highest BCUT2D eigenvalue weighted by Crippen LogP contribution is 2.35. The van der Waals surface area contributed by atoms with E-state index in [0.29, 0.717) is 5.02 Å². The molecule has 1 rings (SSSR count). The fraction of sp³-hybridized carbons (Fsp3) is 0.462. The number of carbonyl (C=O) groups excluding carboxylic acids is 1. The predicted molar refractivity (Wildman–Crippen MR) is 77.4 cm³/mol. The van der Waals surface area contributed by atoms with Crippen LogP contribution in [0.1, 0.15) is 20.8 Å². The fourth-order valence-corrected chi connectivity index (χ4v) is 1.99. The first-order chi connectivity index (χ1) is 8.66. The van der Waals surface area contributed by atoms with E-state index in [0.717, 1.165) is 0 Å². The van der Waals surface area contributed by atoms with Gasteiger partial charge in [-0.3, -0.25) is 4.79 Å². The van der Waals surface area contributed by atoms with E-state index >= 15 is 0 Å². The molecule has 19 heavy (non-hydrogen) atoms. The lowest BCUT2D eigenvalue weighted by atomic mass is 9.88. The molecule has 0 aliphatic rings. The fourth-order valence-electron chi connectivity index (χ4n) is 1.40. The number of aliphatic hydroxyl groups excluding tert-OH is 1. The topological polar surface area (TPSA) is 46.5 Å². The van der Waals surface area contributed by atoms with E-state index in [1.807, 2.05) is 0 Å². The van der Waals surface area contributed by atoms with Crippen molar-refractivity contribution >= 4 is 40.6 Å². The smallest absolute Gasteiger partial charge is 0.180 e. The summed E-state index contributed by atoms with van der Waals surface area (Å²) in [6, 6.07) is 2.85. The second-order valence-electron chi connectivity index (χ2n) is 5.10. The molecular formula is C13H15Cl3O3. The van der Waals surface area contributed by atoms with Gasteiger partial charge < -0.3 is 9.84 Å². The van der Waals surface area contributed by atoms with Gasteiger partial charge in [0.15, 0.2) is 11.9 Å². The van der Waals surface area contributed by atoms with Crippen LogP contribution in [0.25, 0.3) is 0 Å². The second kappa shape index (κ2) is 6.31. The van der Waals surface area contributed by atoms with E-state index in [2.05, 4.69) is 0 Å². The molecule has 6 heteroatoms. The van der Waals surface area contributed by atoms with Crippen LogP contribution in [0.4, 0.5) is 0 Å². The Kier molecular flexibility index (Phi) is 5.51. The first-order valence-corrected chi connectivity index (χ1v) is 6.76. The van der Waals surface area contributed by atoms with Gasteiger partial charge in [0.25, 0.3) is 0 Å². The molecule has 0 bridgehead atoms. The molecule has 0 amide bonds. The summed E-state index contributed by atoms with van der Waals surface area (Å²) in [5, 5.41) is 10.1. The first kappa shape index (κ1) is 16.6. The summed E-state index contributed by atoms with van der Waals surface area (Å²) in [5.74, 6) is -0.00939. The highest BCUT2D eigenvalue weighted by molar-refractivity contribution is 6.43. The molecule has 1 unspecified atom stereocenters. The zero-order valence-electron chi connectivity index (χ0n) is 10.8. The third-order valence-corrected chi connectivity index (χ3v) is 3.46. The number of Topliss-reactive ketones (excluding diaryl/α,β-unsaturated/α-hetero) is 1. The van der Waals surface area contributed by atoms with E-state index in [9.17, 15) is 9.90 Å². The van der Waals surface area contributed by atoms with Crippen molar-refractivity contribution in [2.75, 3.05) is 6.61 Å². The molecule has 0 saturated heterocycles. The number of hydrogen-bond acceptors (Lipinski definition) is 3. The largest absolute Gasteiger partial charge is 0.479 e. The molecule has 0 saturated carbocycles. The molecule has 106 valence electrons. The number of ether oxygens (including phenoxy) is 1. The maximum atomic E-state index is 12.1. The summed E-state index contributed by atoms with van der Waals surface area (Å²) in [5.41, 5.74) is -0.629. The van der Waals surface area contributed by atoms with Crippen molar-refractivity contribution in [3.63, 3.8) is 0 Å². The van der Waals surface area contributed by atoms with Crippen molar-refractivity contribution < 1.29 is 14.6 Å². The molecule has 0 aliphatic heterocycles. The van der Waals surface area contributed by atoms with Crippen LogP contribution >= 0.6 is 34.8 Å². The van der Waals surface area contributed by atoms with Gasteiger partial charge in [0, 0.05) is 11.5 Å². The van der Waals surface area contributed by atoms with Crippen molar-refractivity contribution in [1.29, 1.82) is 0 Å². The summed E-state index contributed by atoms with van der Waals surface area (Å²) in [4.78, 5) is 12.1. The Balaban J connectivity index is 3.00. The van der Waals surface area contributed by atoms with Gasteiger partial charge in [0.2, 0.25) is 0 Å². The maximum absolute atomic E-state index is 12.1. The van der Waals surface area contributed by atoms with Crippen LogP contribution < -0.4 is 4.74 Å². The number of hydrogen-bond donors (Lipinski definition) is 1. The van der Waals surface area contributed by atoms with Crippen LogP contribution in [-0.2, 0) is 4.79 Å². The maximum Gasteiger partial charge on any atom is 0.180 e. The van der Waals surface area contributed by atoms with E-state index in [-0.39, 0.29) is 21.6 Å². The van der Waals surface area contributed by atoms with Crippen LogP contribution in [0.15, 0.2) is 12.1 Å². The van der Waals surface area contributed by atoms with Gasteiger partial charge in [-0.15, -0.1) is 0 Å². The van der Waals surface area contributed by atoms with Crippen molar-refractivity contribution in [3.8, 4) is 5.75 Å². The lowest BCUT2D eigenvalue weighted by Crippen LogP contribution is -2.39. The molecule has 0 spiro atoms. The summed E-state index contributed by atoms with van der Waals surface area (Å²) in [6.07, 6.45) is -0.991. The van der Waals surface area contributed by atoms with Crippen LogP contribution in [0.3, 0.4) is 0 Å². The number of aliphatic hydroxyl groups is 1. The average molecular weight is 326 g/mol. The highest BCUT2D eigenvalue weighted by atomic mass is 35.5. The van der Waals surface area contributed by atoms with Gasteiger partial charge in [-0.2, -0.15) is 0 Å². The minimum Gasteiger partial charge on any atom is -0.479 e. The van der Waals surface area contributed by atoms with Gasteiger partial charge >= 0.3 is 0 Å². The quantitative estimate of drug-likeness (QED) is 0.851. The lowest BCUT2D eigenvalue weighted by Gasteiger charge is -2.24. The summed E-state index contributed by atoms with van der Waals surface area (Å²) in [6.45, 7) is 4.81.